The third kappa shape index (κ3) is 3.92. The Balaban J connectivity index is 1.61. The van der Waals surface area contributed by atoms with Crippen molar-refractivity contribution in [3.05, 3.63) is 70.9 Å². The van der Waals surface area contributed by atoms with Crippen LogP contribution in [0.2, 0.25) is 0 Å². The van der Waals surface area contributed by atoms with Crippen LogP contribution < -0.4 is 4.72 Å². The first-order valence-electron chi connectivity index (χ1n) is 8.61. The molecule has 0 fully saturated rings. The maximum Gasteiger partial charge on any atom is 0.271 e. The Morgan fingerprint density at radius 2 is 1.86 bits per heavy atom. The largest absolute Gasteiger partial charge is 0.334 e. The molecule has 2 aromatic carbocycles. The lowest BCUT2D eigenvalue weighted by molar-refractivity contribution is 0.432. The standard InChI is InChI=1S/C20H16FN3O3S2/c1-12-5-3-8-17(13(12)2)24-29(25,26)18-10-15(11-28-18)20-22-19(23-27-20)14-6-4-7-16(21)9-14/h3-11,24H,1-2H3. The molecule has 0 saturated heterocycles. The van der Waals surface area contributed by atoms with Crippen LogP contribution in [0, 0.1) is 19.7 Å². The van der Waals surface area contributed by atoms with Crippen molar-refractivity contribution in [3.8, 4) is 22.8 Å². The predicted molar refractivity (Wildman–Crippen MR) is 110 cm³/mol. The number of aromatic nitrogens is 2. The SMILES string of the molecule is Cc1cccc(NS(=O)(=O)c2cc(-c3nc(-c4cccc(F)c4)no3)cs2)c1C. The van der Waals surface area contributed by atoms with E-state index in [4.69, 9.17) is 4.52 Å². The van der Waals surface area contributed by atoms with Crippen molar-refractivity contribution < 1.29 is 17.3 Å². The Morgan fingerprint density at radius 1 is 1.07 bits per heavy atom. The summed E-state index contributed by atoms with van der Waals surface area (Å²) in [5.41, 5.74) is 3.34. The molecule has 29 heavy (non-hydrogen) atoms. The molecule has 0 aliphatic carbocycles. The second-order valence-corrected chi connectivity index (χ2v) is 9.26. The molecule has 0 radical (unpaired) electrons. The molecule has 0 atom stereocenters. The number of nitrogens with one attached hydrogen (secondary N) is 1. The van der Waals surface area contributed by atoms with Crippen LogP contribution in [-0.2, 0) is 10.0 Å². The second-order valence-electron chi connectivity index (χ2n) is 6.44. The fourth-order valence-corrected chi connectivity index (χ4v) is 4.99. The van der Waals surface area contributed by atoms with Gasteiger partial charge in [-0.1, -0.05) is 29.4 Å². The molecule has 0 unspecified atom stereocenters. The van der Waals surface area contributed by atoms with Gasteiger partial charge in [0.15, 0.2) is 0 Å². The van der Waals surface area contributed by atoms with Gasteiger partial charge in [-0.25, -0.2) is 12.8 Å². The molecule has 0 bridgehead atoms. The van der Waals surface area contributed by atoms with Gasteiger partial charge in [0, 0.05) is 10.9 Å². The summed E-state index contributed by atoms with van der Waals surface area (Å²) in [6.07, 6.45) is 0. The van der Waals surface area contributed by atoms with E-state index in [0.29, 0.717) is 16.8 Å². The molecule has 2 heterocycles. The summed E-state index contributed by atoms with van der Waals surface area (Å²) in [4.78, 5) is 4.24. The van der Waals surface area contributed by atoms with E-state index in [9.17, 15) is 12.8 Å². The topological polar surface area (TPSA) is 85.1 Å². The van der Waals surface area contributed by atoms with Crippen LogP contribution >= 0.6 is 11.3 Å². The molecule has 2 aromatic heterocycles. The number of thiophene rings is 1. The molecule has 4 rings (SSSR count). The number of hydrogen-bond donors (Lipinski definition) is 1. The first-order valence-corrected chi connectivity index (χ1v) is 11.0. The van der Waals surface area contributed by atoms with Crippen molar-refractivity contribution in [2.75, 3.05) is 4.72 Å². The van der Waals surface area contributed by atoms with E-state index in [1.54, 1.807) is 29.6 Å². The molecule has 4 aromatic rings. The average Bonchev–Trinajstić information content (AvgIpc) is 3.35. The van der Waals surface area contributed by atoms with E-state index in [2.05, 4.69) is 14.9 Å². The highest BCUT2D eigenvalue weighted by molar-refractivity contribution is 7.94. The summed E-state index contributed by atoms with van der Waals surface area (Å²) in [5.74, 6) is -0.0207. The lowest BCUT2D eigenvalue weighted by atomic mass is 10.1. The van der Waals surface area contributed by atoms with Gasteiger partial charge in [-0.2, -0.15) is 4.98 Å². The second kappa shape index (κ2) is 7.41. The zero-order valence-electron chi connectivity index (χ0n) is 15.5. The maximum absolute atomic E-state index is 13.4. The number of hydrogen-bond acceptors (Lipinski definition) is 6. The summed E-state index contributed by atoms with van der Waals surface area (Å²) >= 11 is 1.05. The Bertz CT molecular complexity index is 1300. The van der Waals surface area contributed by atoms with E-state index in [1.807, 2.05) is 19.9 Å². The highest BCUT2D eigenvalue weighted by Gasteiger charge is 2.21. The lowest BCUT2D eigenvalue weighted by Gasteiger charge is -2.10. The Labute approximate surface area is 171 Å². The van der Waals surface area contributed by atoms with Crippen LogP contribution in [-0.4, -0.2) is 18.6 Å². The summed E-state index contributed by atoms with van der Waals surface area (Å²) in [6, 6.07) is 12.7. The maximum atomic E-state index is 13.4. The molecule has 0 amide bonds. The fourth-order valence-electron chi connectivity index (χ4n) is 2.71. The first-order chi connectivity index (χ1) is 13.8. The number of benzene rings is 2. The van der Waals surface area contributed by atoms with Crippen molar-refractivity contribution in [3.63, 3.8) is 0 Å². The Hall–Kier alpha value is -3.04. The van der Waals surface area contributed by atoms with Crippen LogP contribution in [0.4, 0.5) is 10.1 Å². The van der Waals surface area contributed by atoms with Gasteiger partial charge in [-0.05, 0) is 49.2 Å². The van der Waals surface area contributed by atoms with Crippen LogP contribution in [0.1, 0.15) is 11.1 Å². The number of anilines is 1. The van der Waals surface area contributed by atoms with Crippen LogP contribution in [0.15, 0.2) is 62.6 Å². The number of rotatable bonds is 5. The molecular weight excluding hydrogens is 413 g/mol. The highest BCUT2D eigenvalue weighted by Crippen LogP contribution is 2.31. The molecule has 0 aliphatic rings. The van der Waals surface area contributed by atoms with Crippen LogP contribution in [0.3, 0.4) is 0 Å². The third-order valence-electron chi connectivity index (χ3n) is 4.45. The molecule has 0 spiro atoms. The van der Waals surface area contributed by atoms with Crippen molar-refractivity contribution in [2.24, 2.45) is 0 Å². The number of nitrogens with zero attached hydrogens (tertiary/aromatic N) is 2. The molecule has 1 N–H and O–H groups in total. The lowest BCUT2D eigenvalue weighted by Crippen LogP contribution is -2.12. The normalized spacial score (nSPS) is 11.6. The number of sulfonamides is 1. The zero-order chi connectivity index (χ0) is 20.6. The molecule has 6 nitrogen and oxygen atoms in total. The predicted octanol–water partition coefficient (Wildman–Crippen LogP) is 5.02. The van der Waals surface area contributed by atoms with Gasteiger partial charge in [0.1, 0.15) is 10.0 Å². The minimum absolute atomic E-state index is 0.124. The molecule has 148 valence electrons. The van der Waals surface area contributed by atoms with E-state index < -0.39 is 15.8 Å². The molecule has 0 saturated carbocycles. The summed E-state index contributed by atoms with van der Waals surface area (Å²) < 4.78 is 46.9. The monoisotopic (exact) mass is 429 g/mol. The smallest absolute Gasteiger partial charge is 0.271 e. The first kappa shape index (κ1) is 19.3. The van der Waals surface area contributed by atoms with Gasteiger partial charge in [0.25, 0.3) is 15.9 Å². The molecule has 0 aliphatic heterocycles. The van der Waals surface area contributed by atoms with Gasteiger partial charge in [0.05, 0.1) is 11.3 Å². The van der Waals surface area contributed by atoms with E-state index in [1.165, 1.54) is 18.2 Å². The van der Waals surface area contributed by atoms with E-state index in [0.717, 1.165) is 22.5 Å². The van der Waals surface area contributed by atoms with Crippen molar-refractivity contribution in [1.82, 2.24) is 10.1 Å². The van der Waals surface area contributed by atoms with Crippen molar-refractivity contribution in [1.29, 1.82) is 0 Å². The van der Waals surface area contributed by atoms with Gasteiger partial charge in [-0.3, -0.25) is 4.72 Å². The summed E-state index contributed by atoms with van der Waals surface area (Å²) in [5, 5.41) is 5.48. The van der Waals surface area contributed by atoms with E-state index >= 15 is 0 Å². The van der Waals surface area contributed by atoms with Crippen molar-refractivity contribution >= 4 is 27.0 Å². The number of halogens is 1. The Morgan fingerprint density at radius 3 is 2.66 bits per heavy atom. The molecule has 9 heteroatoms. The number of aryl methyl sites for hydroxylation is 1. The Kier molecular flexibility index (Phi) is 4.93. The molecular formula is C20H16FN3O3S2. The third-order valence-corrected chi connectivity index (χ3v) is 7.25. The van der Waals surface area contributed by atoms with Crippen LogP contribution in [0.25, 0.3) is 22.8 Å². The quantitative estimate of drug-likeness (QED) is 0.481. The fraction of sp³-hybridized carbons (Fsp3) is 0.100. The highest BCUT2D eigenvalue weighted by atomic mass is 32.2. The summed E-state index contributed by atoms with van der Waals surface area (Å²) in [6.45, 7) is 3.78. The minimum atomic E-state index is -3.76. The van der Waals surface area contributed by atoms with E-state index in [-0.39, 0.29) is 15.9 Å². The van der Waals surface area contributed by atoms with Crippen molar-refractivity contribution in [2.45, 2.75) is 18.1 Å². The van der Waals surface area contributed by atoms with Gasteiger partial charge in [0.2, 0.25) is 5.82 Å². The zero-order valence-corrected chi connectivity index (χ0v) is 17.1. The van der Waals surface area contributed by atoms with Gasteiger partial charge < -0.3 is 4.52 Å². The van der Waals surface area contributed by atoms with Crippen LogP contribution in [0.5, 0.6) is 0 Å². The average molecular weight is 429 g/mol. The minimum Gasteiger partial charge on any atom is -0.334 e. The van der Waals surface area contributed by atoms with Gasteiger partial charge >= 0.3 is 0 Å². The van der Waals surface area contributed by atoms with Gasteiger partial charge in [-0.15, -0.1) is 11.3 Å². The summed E-state index contributed by atoms with van der Waals surface area (Å²) in [7, 11) is -3.76.